The predicted molar refractivity (Wildman–Crippen MR) is 77.9 cm³/mol. The fourth-order valence-electron chi connectivity index (χ4n) is 1.97. The molecule has 7 heteroatoms. The van der Waals surface area contributed by atoms with E-state index in [1.807, 2.05) is 0 Å². The van der Waals surface area contributed by atoms with E-state index in [-0.39, 0.29) is 24.7 Å². The highest BCUT2D eigenvalue weighted by atomic mass is 19.1. The van der Waals surface area contributed by atoms with Gasteiger partial charge >= 0.3 is 5.97 Å². The van der Waals surface area contributed by atoms with Crippen molar-refractivity contribution in [1.29, 1.82) is 0 Å². The van der Waals surface area contributed by atoms with E-state index < -0.39 is 17.7 Å². The molecule has 0 radical (unpaired) electrons. The molecule has 0 N–H and O–H groups in total. The molecule has 0 unspecified atom stereocenters. The quantitative estimate of drug-likeness (QED) is 0.472. The van der Waals surface area contributed by atoms with Crippen molar-refractivity contribution < 1.29 is 28.3 Å². The summed E-state index contributed by atoms with van der Waals surface area (Å²) in [6.07, 6.45) is 1.02. The minimum atomic E-state index is -1.10. The highest BCUT2D eigenvalue weighted by Gasteiger charge is 2.38. The number of halogens is 1. The molecule has 23 heavy (non-hydrogen) atoms. The van der Waals surface area contributed by atoms with E-state index in [1.54, 1.807) is 32.9 Å². The maximum Gasteiger partial charge on any atom is 0.377 e. The summed E-state index contributed by atoms with van der Waals surface area (Å²) in [6, 6.07) is 5.68. The summed E-state index contributed by atoms with van der Waals surface area (Å²) in [6.45, 7) is 5.22. The Bertz CT molecular complexity index is 624. The number of benzene rings is 1. The Hall–Kier alpha value is -2.41. The van der Waals surface area contributed by atoms with Crippen LogP contribution in [0.2, 0.25) is 0 Å². The van der Waals surface area contributed by atoms with Gasteiger partial charge in [0.1, 0.15) is 5.82 Å². The molecule has 1 fully saturated rings. The lowest BCUT2D eigenvalue weighted by atomic mass is 10.2. The molecular formula is C16H18FNO5. The van der Waals surface area contributed by atoms with E-state index in [9.17, 15) is 14.0 Å². The van der Waals surface area contributed by atoms with E-state index in [4.69, 9.17) is 14.3 Å². The van der Waals surface area contributed by atoms with Crippen molar-refractivity contribution in [2.45, 2.75) is 33.1 Å². The second-order valence-corrected chi connectivity index (χ2v) is 5.32. The number of hydroxylamine groups is 2. The first-order valence-corrected chi connectivity index (χ1v) is 7.13. The number of cyclic esters (lactones) is 1. The molecule has 0 aromatic heterocycles. The van der Waals surface area contributed by atoms with Gasteiger partial charge in [0.15, 0.2) is 0 Å². The first kappa shape index (κ1) is 17.0. The molecule has 2 rings (SSSR count). The van der Waals surface area contributed by atoms with Crippen molar-refractivity contribution in [3.05, 3.63) is 47.5 Å². The zero-order valence-corrected chi connectivity index (χ0v) is 13.2. The number of carbonyl (C=O) groups excluding carboxylic acids is 2. The van der Waals surface area contributed by atoms with Crippen LogP contribution in [-0.2, 0) is 30.4 Å². The van der Waals surface area contributed by atoms with Crippen LogP contribution in [0.15, 0.2) is 36.1 Å². The molecular weight excluding hydrogens is 305 g/mol. The van der Waals surface area contributed by atoms with Crippen LogP contribution >= 0.6 is 0 Å². The van der Waals surface area contributed by atoms with E-state index in [1.165, 1.54) is 12.1 Å². The highest BCUT2D eigenvalue weighted by molar-refractivity contribution is 5.97. The molecule has 0 aliphatic carbocycles. The Morgan fingerprint density at radius 3 is 2.48 bits per heavy atom. The Labute approximate surface area is 133 Å². The number of amides is 1. The molecule has 6 nitrogen and oxygen atoms in total. The van der Waals surface area contributed by atoms with Gasteiger partial charge in [0.25, 0.3) is 5.91 Å². The summed E-state index contributed by atoms with van der Waals surface area (Å²) in [5, 5.41) is 1.07. The van der Waals surface area contributed by atoms with Crippen LogP contribution in [0.4, 0.5) is 4.39 Å². The van der Waals surface area contributed by atoms with Crippen LogP contribution in [0, 0.1) is 5.82 Å². The first-order valence-electron chi connectivity index (χ1n) is 7.13. The van der Waals surface area contributed by atoms with Gasteiger partial charge in [0.05, 0.1) is 19.2 Å². The van der Waals surface area contributed by atoms with E-state index in [2.05, 4.69) is 0 Å². The molecule has 1 heterocycles. The van der Waals surface area contributed by atoms with Crippen molar-refractivity contribution in [2.75, 3.05) is 6.61 Å². The predicted octanol–water partition coefficient (Wildman–Crippen LogP) is 2.30. The number of carbonyl (C=O) groups is 2. The van der Waals surface area contributed by atoms with E-state index in [0.717, 1.165) is 11.1 Å². The highest BCUT2D eigenvalue weighted by Crippen LogP contribution is 2.26. The normalized spacial score (nSPS) is 17.7. The minimum Gasteiger partial charge on any atom is -0.445 e. The molecule has 1 aliphatic rings. The van der Waals surface area contributed by atoms with Gasteiger partial charge in [-0.05, 0) is 24.6 Å². The van der Waals surface area contributed by atoms with Gasteiger partial charge in [0, 0.05) is 13.8 Å². The second kappa shape index (κ2) is 6.78. The summed E-state index contributed by atoms with van der Waals surface area (Å²) < 4.78 is 23.1. The van der Waals surface area contributed by atoms with Gasteiger partial charge in [-0.3, -0.25) is 9.63 Å². The molecule has 1 saturated heterocycles. The number of hydrogen-bond acceptors (Lipinski definition) is 5. The Morgan fingerprint density at radius 1 is 1.30 bits per heavy atom. The van der Waals surface area contributed by atoms with E-state index >= 15 is 0 Å². The molecule has 0 atom stereocenters. The SMILES string of the molecule is CCON(Cc1ccc(F)cc1)C(=O)/C=C1/OC(C)(C)OC1=O. The van der Waals surface area contributed by atoms with Crippen molar-refractivity contribution in [1.82, 2.24) is 5.06 Å². The summed E-state index contributed by atoms with van der Waals surface area (Å²) >= 11 is 0. The number of ether oxygens (including phenoxy) is 2. The molecule has 1 amide bonds. The smallest absolute Gasteiger partial charge is 0.377 e. The van der Waals surface area contributed by atoms with Crippen LogP contribution in [0.3, 0.4) is 0 Å². The molecule has 1 aromatic rings. The third kappa shape index (κ3) is 4.53. The van der Waals surface area contributed by atoms with Crippen molar-refractivity contribution in [3.63, 3.8) is 0 Å². The maximum atomic E-state index is 12.9. The number of hydrogen-bond donors (Lipinski definition) is 0. The molecule has 124 valence electrons. The van der Waals surface area contributed by atoms with Gasteiger partial charge in [0.2, 0.25) is 11.5 Å². The lowest BCUT2D eigenvalue weighted by Gasteiger charge is -2.20. The third-order valence-electron chi connectivity index (χ3n) is 2.92. The standard InChI is InChI=1S/C16H18FNO5/c1-4-21-18(10-11-5-7-12(17)8-6-11)14(19)9-13-15(20)23-16(2,3)22-13/h5-9H,4,10H2,1-3H3/b13-9+. The minimum absolute atomic E-state index is 0.106. The van der Waals surface area contributed by atoms with Crippen LogP contribution in [0.1, 0.15) is 26.3 Å². The number of rotatable bonds is 5. The molecule has 0 saturated carbocycles. The lowest BCUT2D eigenvalue weighted by molar-refractivity contribution is -0.183. The van der Waals surface area contributed by atoms with E-state index in [0.29, 0.717) is 5.56 Å². The Morgan fingerprint density at radius 2 is 1.96 bits per heavy atom. The third-order valence-corrected chi connectivity index (χ3v) is 2.92. The second-order valence-electron chi connectivity index (χ2n) is 5.32. The summed E-state index contributed by atoms with van der Waals surface area (Å²) in [5.41, 5.74) is 0.682. The van der Waals surface area contributed by atoms with Crippen LogP contribution < -0.4 is 0 Å². The first-order chi connectivity index (χ1) is 10.8. The monoisotopic (exact) mass is 323 g/mol. The fourth-order valence-corrected chi connectivity index (χ4v) is 1.97. The van der Waals surface area contributed by atoms with Crippen molar-refractivity contribution in [2.24, 2.45) is 0 Å². The lowest BCUT2D eigenvalue weighted by Crippen LogP contribution is -2.30. The average molecular weight is 323 g/mol. The zero-order valence-electron chi connectivity index (χ0n) is 13.2. The Balaban J connectivity index is 2.12. The van der Waals surface area contributed by atoms with Gasteiger partial charge in [-0.25, -0.2) is 14.2 Å². The average Bonchev–Trinajstić information content (AvgIpc) is 2.73. The largest absolute Gasteiger partial charge is 0.445 e. The van der Waals surface area contributed by atoms with Gasteiger partial charge in [-0.1, -0.05) is 12.1 Å². The molecule has 1 aliphatic heterocycles. The summed E-state index contributed by atoms with van der Waals surface area (Å²) in [5.74, 6) is -2.92. The zero-order chi connectivity index (χ0) is 17.0. The van der Waals surface area contributed by atoms with Crippen LogP contribution in [-0.4, -0.2) is 29.3 Å². The van der Waals surface area contributed by atoms with Crippen molar-refractivity contribution >= 4 is 11.9 Å². The van der Waals surface area contributed by atoms with Gasteiger partial charge in [-0.2, -0.15) is 0 Å². The number of nitrogens with zero attached hydrogens (tertiary/aromatic N) is 1. The molecule has 0 spiro atoms. The number of esters is 1. The summed E-state index contributed by atoms with van der Waals surface area (Å²) in [7, 11) is 0. The topological polar surface area (TPSA) is 65.1 Å². The van der Waals surface area contributed by atoms with Crippen LogP contribution in [0.5, 0.6) is 0 Å². The summed E-state index contributed by atoms with van der Waals surface area (Å²) in [4.78, 5) is 29.2. The molecule has 0 bridgehead atoms. The maximum absolute atomic E-state index is 12.9. The van der Waals surface area contributed by atoms with Gasteiger partial charge in [-0.15, -0.1) is 0 Å². The molecule has 1 aromatic carbocycles. The van der Waals surface area contributed by atoms with Crippen molar-refractivity contribution in [3.8, 4) is 0 Å². The fraction of sp³-hybridized carbons (Fsp3) is 0.375. The van der Waals surface area contributed by atoms with Crippen LogP contribution in [0.25, 0.3) is 0 Å². The Kier molecular flexibility index (Phi) is 5.00. The van der Waals surface area contributed by atoms with Gasteiger partial charge < -0.3 is 9.47 Å².